The topological polar surface area (TPSA) is 61.4 Å². The van der Waals surface area contributed by atoms with Crippen LogP contribution in [-0.4, -0.2) is 23.7 Å². The predicted molar refractivity (Wildman–Crippen MR) is 79.5 cm³/mol. The van der Waals surface area contributed by atoms with E-state index in [9.17, 15) is 9.90 Å². The molecule has 0 saturated heterocycles. The summed E-state index contributed by atoms with van der Waals surface area (Å²) in [4.78, 5) is 11.7. The van der Waals surface area contributed by atoms with Gasteiger partial charge in [0.15, 0.2) is 0 Å². The molecule has 1 saturated carbocycles. The van der Waals surface area contributed by atoms with Crippen LogP contribution in [0.3, 0.4) is 0 Å². The van der Waals surface area contributed by atoms with Crippen molar-refractivity contribution in [1.29, 1.82) is 0 Å². The van der Waals surface area contributed by atoms with Crippen LogP contribution in [0.4, 0.5) is 4.79 Å². The van der Waals surface area contributed by atoms with Crippen LogP contribution in [0.25, 0.3) is 0 Å². The Bertz CT molecular complexity index is 462. The molecule has 1 fully saturated rings. The van der Waals surface area contributed by atoms with Crippen LogP contribution in [0, 0.1) is 12.8 Å². The Morgan fingerprint density at radius 3 is 2.90 bits per heavy atom. The maximum Gasteiger partial charge on any atom is 0.315 e. The smallest absolute Gasteiger partial charge is 0.315 e. The highest BCUT2D eigenvalue weighted by atomic mass is 16.3. The van der Waals surface area contributed by atoms with Crippen LogP contribution >= 0.6 is 0 Å². The molecule has 0 aliphatic heterocycles. The molecule has 1 aliphatic carbocycles. The standard InChI is InChI=1S/C16H24N2O2/c1-3-6-12-9-14(12)18-16(20)17-10-15(19)13-8-5-4-7-11(13)2/h4-5,7-8,12,14-15,19H,3,6,9-10H2,1-2H3,(H2,17,18,20). The summed E-state index contributed by atoms with van der Waals surface area (Å²) in [6, 6.07) is 7.82. The van der Waals surface area contributed by atoms with Crippen molar-refractivity contribution < 1.29 is 9.90 Å². The number of aliphatic hydroxyl groups excluding tert-OH is 1. The molecular formula is C16H24N2O2. The Balaban J connectivity index is 1.72. The van der Waals surface area contributed by atoms with E-state index in [4.69, 9.17) is 0 Å². The van der Waals surface area contributed by atoms with Crippen LogP contribution in [-0.2, 0) is 0 Å². The van der Waals surface area contributed by atoms with Gasteiger partial charge in [-0.15, -0.1) is 0 Å². The van der Waals surface area contributed by atoms with Gasteiger partial charge in [-0.2, -0.15) is 0 Å². The fourth-order valence-corrected chi connectivity index (χ4v) is 2.59. The van der Waals surface area contributed by atoms with Crippen LogP contribution in [0.5, 0.6) is 0 Å². The minimum atomic E-state index is -0.660. The summed E-state index contributed by atoms with van der Waals surface area (Å²) in [6.07, 6.45) is 2.77. The Labute approximate surface area is 120 Å². The molecule has 20 heavy (non-hydrogen) atoms. The number of nitrogens with one attached hydrogen (secondary N) is 2. The number of urea groups is 1. The maximum absolute atomic E-state index is 11.7. The summed E-state index contributed by atoms with van der Waals surface area (Å²) in [6.45, 7) is 4.36. The van der Waals surface area contributed by atoms with Gasteiger partial charge in [-0.05, 0) is 36.8 Å². The highest BCUT2D eigenvalue weighted by Gasteiger charge is 2.37. The molecular weight excluding hydrogens is 252 g/mol. The zero-order valence-electron chi connectivity index (χ0n) is 12.2. The van der Waals surface area contributed by atoms with Gasteiger partial charge in [-0.25, -0.2) is 4.79 Å². The van der Waals surface area contributed by atoms with Crippen molar-refractivity contribution >= 4 is 6.03 Å². The van der Waals surface area contributed by atoms with Crippen LogP contribution in [0.1, 0.15) is 43.4 Å². The first-order chi connectivity index (χ1) is 9.61. The van der Waals surface area contributed by atoms with E-state index in [0.29, 0.717) is 12.0 Å². The number of amides is 2. The van der Waals surface area contributed by atoms with Crippen molar-refractivity contribution in [3.63, 3.8) is 0 Å². The molecule has 3 unspecified atom stereocenters. The van der Waals surface area contributed by atoms with Crippen molar-refractivity contribution in [1.82, 2.24) is 10.6 Å². The monoisotopic (exact) mass is 276 g/mol. The SMILES string of the molecule is CCCC1CC1NC(=O)NCC(O)c1ccccc1C. The average Bonchev–Trinajstić information content (AvgIpc) is 3.15. The van der Waals surface area contributed by atoms with E-state index in [0.717, 1.165) is 24.0 Å². The zero-order chi connectivity index (χ0) is 14.5. The lowest BCUT2D eigenvalue weighted by Gasteiger charge is -2.15. The van der Waals surface area contributed by atoms with E-state index >= 15 is 0 Å². The maximum atomic E-state index is 11.7. The summed E-state index contributed by atoms with van der Waals surface area (Å²) < 4.78 is 0. The molecule has 0 bridgehead atoms. The quantitative estimate of drug-likeness (QED) is 0.747. The predicted octanol–water partition coefficient (Wildman–Crippen LogP) is 2.52. The molecule has 0 heterocycles. The minimum absolute atomic E-state index is 0.179. The van der Waals surface area contributed by atoms with E-state index < -0.39 is 6.10 Å². The molecule has 1 aliphatic rings. The second kappa shape index (κ2) is 6.75. The summed E-state index contributed by atoms with van der Waals surface area (Å²) in [5.41, 5.74) is 1.90. The Hall–Kier alpha value is -1.55. The van der Waals surface area contributed by atoms with E-state index in [-0.39, 0.29) is 12.6 Å². The lowest BCUT2D eigenvalue weighted by Crippen LogP contribution is -2.39. The fraction of sp³-hybridized carbons (Fsp3) is 0.562. The van der Waals surface area contributed by atoms with Crippen molar-refractivity contribution in [3.8, 4) is 0 Å². The third kappa shape index (κ3) is 3.97. The number of carbonyl (C=O) groups is 1. The molecule has 4 heteroatoms. The van der Waals surface area contributed by atoms with Gasteiger partial charge >= 0.3 is 6.03 Å². The number of aliphatic hydroxyl groups is 1. The molecule has 4 nitrogen and oxygen atoms in total. The summed E-state index contributed by atoms with van der Waals surface area (Å²) in [5, 5.41) is 15.8. The zero-order valence-corrected chi connectivity index (χ0v) is 12.2. The first-order valence-electron chi connectivity index (χ1n) is 7.39. The summed E-state index contributed by atoms with van der Waals surface area (Å²) in [7, 11) is 0. The first kappa shape index (κ1) is 14.9. The molecule has 1 aromatic carbocycles. The lowest BCUT2D eigenvalue weighted by molar-refractivity contribution is 0.172. The molecule has 1 aromatic rings. The lowest BCUT2D eigenvalue weighted by atomic mass is 10.0. The minimum Gasteiger partial charge on any atom is -0.387 e. The van der Waals surface area contributed by atoms with Gasteiger partial charge in [0.25, 0.3) is 0 Å². The van der Waals surface area contributed by atoms with Gasteiger partial charge in [0.2, 0.25) is 0 Å². The number of benzene rings is 1. The number of aryl methyl sites for hydroxylation is 1. The van der Waals surface area contributed by atoms with E-state index in [1.54, 1.807) is 0 Å². The fourth-order valence-electron chi connectivity index (χ4n) is 2.59. The summed E-state index contributed by atoms with van der Waals surface area (Å²) in [5.74, 6) is 0.645. The molecule has 110 valence electrons. The van der Waals surface area contributed by atoms with Gasteiger partial charge in [-0.1, -0.05) is 37.6 Å². The third-order valence-electron chi connectivity index (χ3n) is 3.90. The van der Waals surface area contributed by atoms with Crippen LogP contribution < -0.4 is 10.6 Å². The van der Waals surface area contributed by atoms with Crippen molar-refractivity contribution in [2.45, 2.75) is 45.3 Å². The Kier molecular flexibility index (Phi) is 5.01. The number of carbonyl (C=O) groups excluding carboxylic acids is 1. The van der Waals surface area contributed by atoms with Crippen molar-refractivity contribution in [2.75, 3.05) is 6.54 Å². The normalized spacial score (nSPS) is 22.1. The van der Waals surface area contributed by atoms with Crippen molar-refractivity contribution in [3.05, 3.63) is 35.4 Å². The molecule has 0 spiro atoms. The molecule has 3 N–H and O–H groups in total. The van der Waals surface area contributed by atoms with Gasteiger partial charge in [0.05, 0.1) is 6.10 Å². The molecule has 0 aromatic heterocycles. The highest BCUT2D eigenvalue weighted by molar-refractivity contribution is 5.74. The third-order valence-corrected chi connectivity index (χ3v) is 3.90. The van der Waals surface area contributed by atoms with Gasteiger partial charge in [0.1, 0.15) is 0 Å². The van der Waals surface area contributed by atoms with E-state index in [1.807, 2.05) is 31.2 Å². The van der Waals surface area contributed by atoms with Crippen molar-refractivity contribution in [2.24, 2.45) is 5.92 Å². The molecule has 0 radical (unpaired) electrons. The Morgan fingerprint density at radius 1 is 1.45 bits per heavy atom. The molecule has 2 rings (SSSR count). The Morgan fingerprint density at radius 2 is 2.20 bits per heavy atom. The number of rotatable bonds is 6. The number of hydrogen-bond acceptors (Lipinski definition) is 2. The second-order valence-electron chi connectivity index (χ2n) is 5.62. The summed E-state index contributed by atoms with van der Waals surface area (Å²) >= 11 is 0. The number of hydrogen-bond donors (Lipinski definition) is 3. The average molecular weight is 276 g/mol. The van der Waals surface area contributed by atoms with Crippen LogP contribution in [0.2, 0.25) is 0 Å². The van der Waals surface area contributed by atoms with E-state index in [2.05, 4.69) is 17.6 Å². The van der Waals surface area contributed by atoms with E-state index in [1.165, 1.54) is 6.42 Å². The highest BCUT2D eigenvalue weighted by Crippen LogP contribution is 2.34. The van der Waals surface area contributed by atoms with Crippen LogP contribution in [0.15, 0.2) is 24.3 Å². The largest absolute Gasteiger partial charge is 0.387 e. The van der Waals surface area contributed by atoms with Gasteiger partial charge in [0, 0.05) is 12.6 Å². The first-order valence-corrected chi connectivity index (χ1v) is 7.39. The second-order valence-corrected chi connectivity index (χ2v) is 5.62. The molecule has 2 amide bonds. The van der Waals surface area contributed by atoms with Gasteiger partial charge < -0.3 is 15.7 Å². The van der Waals surface area contributed by atoms with Gasteiger partial charge in [-0.3, -0.25) is 0 Å². The molecule has 3 atom stereocenters.